The van der Waals surface area contributed by atoms with E-state index < -0.39 is 17.7 Å². The van der Waals surface area contributed by atoms with Crippen LogP contribution in [0.1, 0.15) is 54.1 Å². The van der Waals surface area contributed by atoms with E-state index in [1.54, 1.807) is 12.1 Å². The lowest BCUT2D eigenvalue weighted by Crippen LogP contribution is -2.20. The van der Waals surface area contributed by atoms with Crippen molar-refractivity contribution in [3.05, 3.63) is 83.5 Å². The Kier molecular flexibility index (Phi) is 7.06. The first-order valence-electron chi connectivity index (χ1n) is 10.3. The third-order valence-electron chi connectivity index (χ3n) is 5.18. The fourth-order valence-corrected chi connectivity index (χ4v) is 3.37. The van der Waals surface area contributed by atoms with Gasteiger partial charge in [-0.15, -0.1) is 0 Å². The number of benzene rings is 2. The fourth-order valence-electron chi connectivity index (χ4n) is 3.37. The second-order valence-electron chi connectivity index (χ2n) is 7.55. The first-order chi connectivity index (χ1) is 14.4. The summed E-state index contributed by atoms with van der Waals surface area (Å²) in [5.74, 6) is -0.696. The number of hydrogen-bond donors (Lipinski definition) is 2. The number of aliphatic hydroxyl groups is 1. The highest BCUT2D eigenvalue weighted by Gasteiger charge is 2.30. The van der Waals surface area contributed by atoms with Gasteiger partial charge in [-0.3, -0.25) is 0 Å². The Bertz CT molecular complexity index is 917. The zero-order chi connectivity index (χ0) is 21.6. The van der Waals surface area contributed by atoms with E-state index in [0.29, 0.717) is 5.75 Å². The summed E-state index contributed by atoms with van der Waals surface area (Å²) in [6.07, 6.45) is 9.97. The number of phenols is 1. The standard InChI is InChI=1S/C25H27FO4/c1-2-3-4-5-6-18-7-10-21(11-8-18)30-24(29)22-17-19(9-12-23(22)28)25(26)15-13-20(27)14-16-25/h7-17,20,27-28H,2-6H2,1H3. The van der Waals surface area contributed by atoms with Crippen LogP contribution in [-0.2, 0) is 12.1 Å². The number of unbranched alkanes of at least 4 members (excludes halogenated alkanes) is 3. The van der Waals surface area contributed by atoms with Crippen LogP contribution in [0.5, 0.6) is 11.5 Å². The van der Waals surface area contributed by atoms with Crippen LogP contribution in [0.15, 0.2) is 66.8 Å². The number of allylic oxidation sites excluding steroid dienone is 2. The van der Waals surface area contributed by atoms with Crippen molar-refractivity contribution < 1.29 is 24.1 Å². The Morgan fingerprint density at radius 1 is 1.07 bits per heavy atom. The van der Waals surface area contributed by atoms with Gasteiger partial charge in [-0.1, -0.05) is 56.5 Å². The predicted molar refractivity (Wildman–Crippen MR) is 114 cm³/mol. The third kappa shape index (κ3) is 5.36. The van der Waals surface area contributed by atoms with Crippen LogP contribution in [0.3, 0.4) is 0 Å². The molecule has 30 heavy (non-hydrogen) atoms. The molecule has 4 nitrogen and oxygen atoms in total. The van der Waals surface area contributed by atoms with Crippen LogP contribution in [0.4, 0.5) is 4.39 Å². The predicted octanol–water partition coefficient (Wildman–Crippen LogP) is 5.39. The highest BCUT2D eigenvalue weighted by Crippen LogP contribution is 2.35. The molecular formula is C25H27FO4. The first kappa shape index (κ1) is 21.8. The van der Waals surface area contributed by atoms with E-state index in [1.165, 1.54) is 67.3 Å². The van der Waals surface area contributed by atoms with Gasteiger partial charge in [-0.05, 0) is 60.4 Å². The van der Waals surface area contributed by atoms with E-state index in [4.69, 9.17) is 4.74 Å². The number of phenolic OH excluding ortho intramolecular Hbond substituents is 1. The summed E-state index contributed by atoms with van der Waals surface area (Å²) in [5.41, 5.74) is -0.759. The van der Waals surface area contributed by atoms with Crippen molar-refractivity contribution in [1.29, 1.82) is 0 Å². The molecule has 1 aliphatic carbocycles. The van der Waals surface area contributed by atoms with E-state index in [0.717, 1.165) is 12.8 Å². The zero-order valence-corrected chi connectivity index (χ0v) is 17.1. The van der Waals surface area contributed by atoms with Gasteiger partial charge in [0.05, 0.1) is 6.10 Å². The van der Waals surface area contributed by atoms with Gasteiger partial charge in [-0.25, -0.2) is 9.18 Å². The largest absolute Gasteiger partial charge is 0.507 e. The van der Waals surface area contributed by atoms with Crippen molar-refractivity contribution >= 4 is 5.97 Å². The van der Waals surface area contributed by atoms with Crippen LogP contribution in [-0.4, -0.2) is 22.3 Å². The third-order valence-corrected chi connectivity index (χ3v) is 5.18. The van der Waals surface area contributed by atoms with Crippen LogP contribution in [0.2, 0.25) is 0 Å². The number of rotatable bonds is 8. The lowest BCUT2D eigenvalue weighted by molar-refractivity contribution is 0.0731. The molecular weight excluding hydrogens is 383 g/mol. The summed E-state index contributed by atoms with van der Waals surface area (Å²) in [7, 11) is 0. The minimum Gasteiger partial charge on any atom is -0.507 e. The van der Waals surface area contributed by atoms with Gasteiger partial charge in [0.2, 0.25) is 0 Å². The van der Waals surface area contributed by atoms with E-state index in [1.807, 2.05) is 12.1 Å². The second kappa shape index (κ2) is 9.72. The molecule has 0 saturated carbocycles. The molecule has 0 aromatic heterocycles. The van der Waals surface area contributed by atoms with Crippen molar-refractivity contribution in [2.45, 2.75) is 50.8 Å². The van der Waals surface area contributed by atoms with Gasteiger partial charge >= 0.3 is 5.97 Å². The molecule has 5 heteroatoms. The maximum Gasteiger partial charge on any atom is 0.347 e. The number of ether oxygens (including phenoxy) is 1. The fraction of sp³-hybridized carbons (Fsp3) is 0.320. The average Bonchev–Trinajstić information content (AvgIpc) is 2.75. The van der Waals surface area contributed by atoms with Crippen LogP contribution in [0.25, 0.3) is 0 Å². The summed E-state index contributed by atoms with van der Waals surface area (Å²) < 4.78 is 20.5. The Balaban J connectivity index is 1.70. The molecule has 158 valence electrons. The topological polar surface area (TPSA) is 66.8 Å². The van der Waals surface area contributed by atoms with Gasteiger partial charge in [-0.2, -0.15) is 0 Å². The van der Waals surface area contributed by atoms with Crippen molar-refractivity contribution in [1.82, 2.24) is 0 Å². The quantitative estimate of drug-likeness (QED) is 0.265. The minimum atomic E-state index is -1.97. The molecule has 0 heterocycles. The smallest absolute Gasteiger partial charge is 0.347 e. The Labute approximate surface area is 176 Å². The van der Waals surface area contributed by atoms with Crippen molar-refractivity contribution in [2.24, 2.45) is 0 Å². The Morgan fingerprint density at radius 2 is 1.77 bits per heavy atom. The molecule has 0 fully saturated rings. The molecule has 0 aliphatic heterocycles. The molecule has 0 bridgehead atoms. The van der Waals surface area contributed by atoms with Gasteiger partial charge in [0, 0.05) is 0 Å². The van der Waals surface area contributed by atoms with Crippen LogP contribution >= 0.6 is 0 Å². The molecule has 2 aromatic carbocycles. The number of alkyl halides is 1. The molecule has 0 atom stereocenters. The molecule has 0 unspecified atom stereocenters. The molecule has 2 aromatic rings. The van der Waals surface area contributed by atoms with Crippen molar-refractivity contribution in [3.63, 3.8) is 0 Å². The minimum absolute atomic E-state index is 0.124. The van der Waals surface area contributed by atoms with Crippen molar-refractivity contribution in [3.8, 4) is 11.5 Å². The van der Waals surface area contributed by atoms with Gasteiger partial charge in [0.15, 0.2) is 5.67 Å². The zero-order valence-electron chi connectivity index (χ0n) is 17.1. The van der Waals surface area contributed by atoms with Crippen LogP contribution < -0.4 is 4.74 Å². The second-order valence-corrected chi connectivity index (χ2v) is 7.55. The summed E-state index contributed by atoms with van der Waals surface area (Å²) >= 11 is 0. The highest BCUT2D eigenvalue weighted by atomic mass is 19.1. The number of aliphatic hydroxyl groups excluding tert-OH is 1. The van der Waals surface area contributed by atoms with Crippen molar-refractivity contribution in [2.75, 3.05) is 0 Å². The SMILES string of the molecule is CCCCCCc1ccc(OC(=O)c2cc(C3(F)C=CC(O)C=C3)ccc2O)cc1. The monoisotopic (exact) mass is 410 g/mol. The van der Waals surface area contributed by atoms with Crippen LogP contribution in [0, 0.1) is 0 Å². The summed E-state index contributed by atoms with van der Waals surface area (Å²) in [5, 5.41) is 19.6. The molecule has 2 N–H and O–H groups in total. The normalized spacial score (nSPS) is 20.3. The molecule has 1 aliphatic rings. The lowest BCUT2D eigenvalue weighted by Gasteiger charge is -2.22. The maximum absolute atomic E-state index is 15.2. The number of carbonyl (C=O) groups is 1. The van der Waals surface area contributed by atoms with Gasteiger partial charge in [0.1, 0.15) is 17.1 Å². The lowest BCUT2D eigenvalue weighted by atomic mass is 9.89. The molecule has 0 radical (unpaired) electrons. The van der Waals surface area contributed by atoms with E-state index in [-0.39, 0.29) is 16.9 Å². The summed E-state index contributed by atoms with van der Waals surface area (Å²) in [6, 6.07) is 11.2. The number of carbonyl (C=O) groups excluding carboxylic acids is 1. The molecule has 0 amide bonds. The number of esters is 1. The maximum atomic E-state index is 15.2. The number of aryl methyl sites for hydroxylation is 1. The summed E-state index contributed by atoms with van der Waals surface area (Å²) in [6.45, 7) is 2.18. The molecule has 3 rings (SSSR count). The van der Waals surface area contributed by atoms with E-state index >= 15 is 4.39 Å². The Hall–Kier alpha value is -2.92. The Morgan fingerprint density at radius 3 is 2.43 bits per heavy atom. The number of halogens is 1. The molecule has 0 spiro atoms. The summed E-state index contributed by atoms with van der Waals surface area (Å²) in [4.78, 5) is 12.6. The van der Waals surface area contributed by atoms with Gasteiger partial charge < -0.3 is 14.9 Å². The van der Waals surface area contributed by atoms with E-state index in [2.05, 4.69) is 6.92 Å². The van der Waals surface area contributed by atoms with Gasteiger partial charge in [0.25, 0.3) is 0 Å². The molecule has 0 saturated heterocycles. The number of aromatic hydroxyl groups is 1. The highest BCUT2D eigenvalue weighted by molar-refractivity contribution is 5.94. The van der Waals surface area contributed by atoms with E-state index in [9.17, 15) is 15.0 Å². The average molecular weight is 410 g/mol. The number of hydrogen-bond acceptors (Lipinski definition) is 4. The first-order valence-corrected chi connectivity index (χ1v) is 10.3.